The number of carbonyl (C=O) groups excluding carboxylic acids is 1. The molecule has 2 saturated heterocycles. The number of aliphatic hydroxyl groups excluding tert-OH is 1. The van der Waals surface area contributed by atoms with E-state index < -0.39 is 0 Å². The number of hydrogen-bond donors (Lipinski definition) is 1. The molecule has 116 valence electrons. The normalized spacial score (nSPS) is 27.2. The van der Waals surface area contributed by atoms with E-state index in [1.54, 1.807) is 11.3 Å². The van der Waals surface area contributed by atoms with Crippen molar-refractivity contribution in [1.82, 2.24) is 9.80 Å². The Labute approximate surface area is 129 Å². The summed E-state index contributed by atoms with van der Waals surface area (Å²) in [6, 6.07) is 4.43. The van der Waals surface area contributed by atoms with E-state index in [0.29, 0.717) is 19.7 Å². The Morgan fingerprint density at radius 3 is 3.14 bits per heavy atom. The number of amides is 1. The zero-order valence-electron chi connectivity index (χ0n) is 12.1. The minimum atomic E-state index is -0.154. The largest absolute Gasteiger partial charge is 0.394 e. The van der Waals surface area contributed by atoms with Crippen LogP contribution >= 0.6 is 11.3 Å². The first-order chi connectivity index (χ1) is 10.3. The van der Waals surface area contributed by atoms with Crippen LogP contribution in [0, 0.1) is 0 Å². The SMILES string of the molecule is O=C(CN1CCOC(CO)C1)N1CCCC1c1cccs1. The van der Waals surface area contributed by atoms with Gasteiger partial charge in [0.05, 0.1) is 31.9 Å². The van der Waals surface area contributed by atoms with Crippen LogP contribution in [-0.2, 0) is 9.53 Å². The van der Waals surface area contributed by atoms with Crippen molar-refractivity contribution in [2.24, 2.45) is 0 Å². The lowest BCUT2D eigenvalue weighted by Crippen LogP contribution is -2.48. The van der Waals surface area contributed by atoms with E-state index in [9.17, 15) is 9.90 Å². The molecular weight excluding hydrogens is 288 g/mol. The van der Waals surface area contributed by atoms with Gasteiger partial charge in [0.25, 0.3) is 0 Å². The van der Waals surface area contributed by atoms with Crippen LogP contribution in [0.3, 0.4) is 0 Å². The van der Waals surface area contributed by atoms with Gasteiger partial charge in [-0.1, -0.05) is 6.07 Å². The first kappa shape index (κ1) is 15.0. The summed E-state index contributed by atoms with van der Waals surface area (Å²) >= 11 is 1.73. The Morgan fingerprint density at radius 1 is 1.48 bits per heavy atom. The topological polar surface area (TPSA) is 53.0 Å². The number of aliphatic hydroxyl groups is 1. The second-order valence-electron chi connectivity index (χ2n) is 5.67. The van der Waals surface area contributed by atoms with Crippen molar-refractivity contribution >= 4 is 17.2 Å². The Hall–Kier alpha value is -0.950. The molecule has 2 atom stereocenters. The number of thiophene rings is 1. The highest BCUT2D eigenvalue weighted by atomic mass is 32.1. The number of hydrogen-bond acceptors (Lipinski definition) is 5. The molecule has 0 aliphatic carbocycles. The fourth-order valence-electron chi connectivity index (χ4n) is 3.16. The molecule has 0 radical (unpaired) electrons. The summed E-state index contributed by atoms with van der Waals surface area (Å²) in [5, 5.41) is 11.2. The second kappa shape index (κ2) is 6.87. The van der Waals surface area contributed by atoms with Gasteiger partial charge in [0, 0.05) is 24.5 Å². The van der Waals surface area contributed by atoms with Gasteiger partial charge in [-0.15, -0.1) is 11.3 Å². The maximum absolute atomic E-state index is 12.6. The van der Waals surface area contributed by atoms with Crippen LogP contribution in [0.15, 0.2) is 17.5 Å². The van der Waals surface area contributed by atoms with Crippen LogP contribution in [0.25, 0.3) is 0 Å². The standard InChI is InChI=1S/C15H22N2O3S/c18-11-12-9-16(6-7-20-12)10-15(19)17-5-1-3-13(17)14-4-2-8-21-14/h2,4,8,12-13,18H,1,3,5-7,9-11H2. The smallest absolute Gasteiger partial charge is 0.237 e. The second-order valence-corrected chi connectivity index (χ2v) is 6.65. The quantitative estimate of drug-likeness (QED) is 0.905. The Bertz CT molecular complexity index is 465. The zero-order valence-corrected chi connectivity index (χ0v) is 12.9. The Kier molecular flexibility index (Phi) is 4.90. The maximum atomic E-state index is 12.6. The van der Waals surface area contributed by atoms with Gasteiger partial charge in [-0.3, -0.25) is 9.69 Å². The van der Waals surface area contributed by atoms with Crippen molar-refractivity contribution in [1.29, 1.82) is 0 Å². The van der Waals surface area contributed by atoms with Gasteiger partial charge in [-0.2, -0.15) is 0 Å². The average molecular weight is 310 g/mol. The molecule has 2 fully saturated rings. The van der Waals surface area contributed by atoms with Gasteiger partial charge >= 0.3 is 0 Å². The highest BCUT2D eigenvalue weighted by Crippen LogP contribution is 2.34. The lowest BCUT2D eigenvalue weighted by molar-refractivity contribution is -0.135. The van der Waals surface area contributed by atoms with Gasteiger partial charge in [0.1, 0.15) is 0 Å². The van der Waals surface area contributed by atoms with Gasteiger partial charge < -0.3 is 14.7 Å². The van der Waals surface area contributed by atoms with Crippen molar-refractivity contribution in [3.8, 4) is 0 Å². The molecule has 2 aliphatic heterocycles. The van der Waals surface area contributed by atoms with Crippen molar-refractivity contribution in [2.45, 2.75) is 25.0 Å². The molecule has 1 aromatic rings. The van der Waals surface area contributed by atoms with Gasteiger partial charge in [-0.25, -0.2) is 0 Å². The number of likely N-dealkylation sites (tertiary alicyclic amines) is 1. The van der Waals surface area contributed by atoms with Crippen LogP contribution in [0.4, 0.5) is 0 Å². The summed E-state index contributed by atoms with van der Waals surface area (Å²) in [6.07, 6.45) is 1.99. The number of nitrogens with zero attached hydrogens (tertiary/aromatic N) is 2. The molecule has 2 unspecified atom stereocenters. The van der Waals surface area contributed by atoms with Gasteiger partial charge in [0.2, 0.25) is 5.91 Å². The first-order valence-electron chi connectivity index (χ1n) is 7.55. The fourth-order valence-corrected chi connectivity index (χ4v) is 4.03. The predicted molar refractivity (Wildman–Crippen MR) is 81.3 cm³/mol. The number of morpholine rings is 1. The fraction of sp³-hybridized carbons (Fsp3) is 0.667. The lowest BCUT2D eigenvalue weighted by atomic mass is 10.2. The van der Waals surface area contributed by atoms with E-state index in [-0.39, 0.29) is 24.7 Å². The van der Waals surface area contributed by atoms with Crippen LogP contribution in [0.2, 0.25) is 0 Å². The van der Waals surface area contributed by atoms with Crippen molar-refractivity contribution in [3.63, 3.8) is 0 Å². The molecule has 2 aliphatic rings. The molecule has 0 saturated carbocycles. The predicted octanol–water partition coefficient (Wildman–Crippen LogP) is 1.10. The summed E-state index contributed by atoms with van der Waals surface area (Å²) in [5.41, 5.74) is 0. The van der Waals surface area contributed by atoms with Crippen molar-refractivity contribution in [3.05, 3.63) is 22.4 Å². The summed E-state index contributed by atoms with van der Waals surface area (Å²) < 4.78 is 5.43. The highest BCUT2D eigenvalue weighted by Gasteiger charge is 2.32. The Morgan fingerprint density at radius 2 is 2.38 bits per heavy atom. The third-order valence-corrected chi connectivity index (χ3v) is 5.20. The third-order valence-electron chi connectivity index (χ3n) is 4.23. The van der Waals surface area contributed by atoms with Crippen LogP contribution in [0.5, 0.6) is 0 Å². The molecule has 21 heavy (non-hydrogen) atoms. The number of carbonyl (C=O) groups is 1. The highest BCUT2D eigenvalue weighted by molar-refractivity contribution is 7.10. The van der Waals surface area contributed by atoms with Crippen molar-refractivity contribution < 1.29 is 14.6 Å². The molecule has 0 spiro atoms. The first-order valence-corrected chi connectivity index (χ1v) is 8.43. The molecular formula is C15H22N2O3S. The van der Waals surface area contributed by atoms with Gasteiger partial charge in [0.15, 0.2) is 0 Å². The molecule has 1 amide bonds. The number of ether oxygens (including phenoxy) is 1. The lowest BCUT2D eigenvalue weighted by Gasteiger charge is -2.33. The van der Waals surface area contributed by atoms with E-state index >= 15 is 0 Å². The van der Waals surface area contributed by atoms with Gasteiger partial charge in [-0.05, 0) is 24.3 Å². The van der Waals surface area contributed by atoms with E-state index in [0.717, 1.165) is 25.9 Å². The number of rotatable bonds is 4. The summed E-state index contributed by atoms with van der Waals surface area (Å²) in [4.78, 5) is 18.0. The monoisotopic (exact) mass is 310 g/mol. The van der Waals surface area contributed by atoms with E-state index in [2.05, 4.69) is 22.4 Å². The van der Waals surface area contributed by atoms with E-state index in [4.69, 9.17) is 4.74 Å². The van der Waals surface area contributed by atoms with E-state index in [1.807, 2.05) is 4.90 Å². The van der Waals surface area contributed by atoms with E-state index in [1.165, 1.54) is 4.88 Å². The van der Waals surface area contributed by atoms with Crippen LogP contribution in [0.1, 0.15) is 23.8 Å². The maximum Gasteiger partial charge on any atom is 0.237 e. The molecule has 1 N–H and O–H groups in total. The molecule has 0 aromatic carbocycles. The summed E-state index contributed by atoms with van der Waals surface area (Å²) in [5.74, 6) is 0.199. The Balaban J connectivity index is 1.59. The molecule has 5 nitrogen and oxygen atoms in total. The summed E-state index contributed by atoms with van der Waals surface area (Å²) in [7, 11) is 0. The minimum Gasteiger partial charge on any atom is -0.394 e. The zero-order chi connectivity index (χ0) is 14.7. The molecule has 0 bridgehead atoms. The molecule has 1 aromatic heterocycles. The summed E-state index contributed by atoms with van der Waals surface area (Å²) in [6.45, 7) is 3.30. The van der Waals surface area contributed by atoms with Crippen LogP contribution in [-0.4, -0.2) is 66.3 Å². The third kappa shape index (κ3) is 3.45. The van der Waals surface area contributed by atoms with Crippen molar-refractivity contribution in [2.75, 3.05) is 39.4 Å². The molecule has 3 heterocycles. The minimum absolute atomic E-state index is 0.0201. The van der Waals surface area contributed by atoms with Crippen LogP contribution < -0.4 is 0 Å². The average Bonchev–Trinajstić information content (AvgIpc) is 3.18. The molecule has 6 heteroatoms. The molecule has 3 rings (SSSR count).